The Morgan fingerprint density at radius 3 is 2.64 bits per heavy atom. The number of nitrogens with zero attached hydrogens (tertiary/aromatic N) is 2. The van der Waals surface area contributed by atoms with Crippen LogP contribution in [-0.2, 0) is 4.74 Å². The predicted octanol–water partition coefficient (Wildman–Crippen LogP) is 4.67. The summed E-state index contributed by atoms with van der Waals surface area (Å²) in [4.78, 5) is 22.3. The number of benzene rings is 1. The number of carbonyl (C=O) groups is 1. The van der Waals surface area contributed by atoms with E-state index in [2.05, 4.69) is 31.2 Å². The molecule has 144 valence electrons. The van der Waals surface area contributed by atoms with Crippen molar-refractivity contribution in [2.24, 2.45) is 0 Å². The SMILES string of the molecule is COCCOc1ccc(NC(=O)c2cccnc2Sc2ccc(Br)cc2)cn1. The minimum atomic E-state index is -0.248. The Labute approximate surface area is 175 Å². The van der Waals surface area contributed by atoms with Crippen LogP contribution in [0.15, 0.2) is 75.3 Å². The van der Waals surface area contributed by atoms with Gasteiger partial charge in [-0.15, -0.1) is 0 Å². The molecule has 0 saturated heterocycles. The van der Waals surface area contributed by atoms with Crippen molar-refractivity contribution < 1.29 is 14.3 Å². The van der Waals surface area contributed by atoms with Gasteiger partial charge in [0.15, 0.2) is 0 Å². The summed E-state index contributed by atoms with van der Waals surface area (Å²) in [6.45, 7) is 0.904. The van der Waals surface area contributed by atoms with Crippen LogP contribution >= 0.6 is 27.7 Å². The van der Waals surface area contributed by atoms with Gasteiger partial charge in [0, 0.05) is 28.7 Å². The molecule has 6 nitrogen and oxygen atoms in total. The summed E-state index contributed by atoms with van der Waals surface area (Å²) in [5.74, 6) is 0.227. The standard InChI is InChI=1S/C20H18BrN3O3S/c1-26-11-12-27-18-9-6-15(13-23-18)24-19(25)17-3-2-10-22-20(17)28-16-7-4-14(21)5-8-16/h2-10,13H,11-12H2,1H3,(H,24,25). The number of hydrogen-bond acceptors (Lipinski definition) is 6. The van der Waals surface area contributed by atoms with Crippen LogP contribution < -0.4 is 10.1 Å². The molecule has 28 heavy (non-hydrogen) atoms. The molecule has 8 heteroatoms. The summed E-state index contributed by atoms with van der Waals surface area (Å²) >= 11 is 4.85. The summed E-state index contributed by atoms with van der Waals surface area (Å²) in [7, 11) is 1.61. The lowest BCUT2D eigenvalue weighted by Gasteiger charge is -2.10. The van der Waals surface area contributed by atoms with Gasteiger partial charge >= 0.3 is 0 Å². The molecule has 0 aliphatic rings. The predicted molar refractivity (Wildman–Crippen MR) is 112 cm³/mol. The van der Waals surface area contributed by atoms with E-state index in [1.54, 1.807) is 43.8 Å². The fourth-order valence-electron chi connectivity index (χ4n) is 2.23. The number of methoxy groups -OCH3 is 1. The molecule has 0 fully saturated rings. The lowest BCUT2D eigenvalue weighted by atomic mass is 10.2. The van der Waals surface area contributed by atoms with Crippen LogP contribution in [0.1, 0.15) is 10.4 Å². The quantitative estimate of drug-likeness (QED) is 0.493. The first-order chi connectivity index (χ1) is 13.7. The smallest absolute Gasteiger partial charge is 0.258 e. The first kappa shape index (κ1) is 20.3. The third-order valence-corrected chi connectivity index (χ3v) is 5.13. The van der Waals surface area contributed by atoms with Gasteiger partial charge in [-0.25, -0.2) is 9.97 Å². The van der Waals surface area contributed by atoms with E-state index in [9.17, 15) is 4.79 Å². The summed E-state index contributed by atoms with van der Waals surface area (Å²) in [6, 6.07) is 14.8. The number of halogens is 1. The normalized spacial score (nSPS) is 10.5. The third kappa shape index (κ3) is 5.79. The Balaban J connectivity index is 1.68. The Kier molecular flexibility index (Phi) is 7.41. The second-order valence-corrected chi connectivity index (χ2v) is 7.57. The van der Waals surface area contributed by atoms with Gasteiger partial charge in [0.25, 0.3) is 5.91 Å². The lowest BCUT2D eigenvalue weighted by Crippen LogP contribution is -2.14. The third-order valence-electron chi connectivity index (χ3n) is 3.58. The molecule has 1 amide bonds. The summed E-state index contributed by atoms with van der Waals surface area (Å²) in [5.41, 5.74) is 1.07. The topological polar surface area (TPSA) is 73.3 Å². The maximum absolute atomic E-state index is 12.7. The highest BCUT2D eigenvalue weighted by atomic mass is 79.9. The van der Waals surface area contributed by atoms with Crippen molar-refractivity contribution in [1.82, 2.24) is 9.97 Å². The van der Waals surface area contributed by atoms with Crippen molar-refractivity contribution in [3.8, 4) is 5.88 Å². The molecule has 0 spiro atoms. The van der Waals surface area contributed by atoms with Crippen LogP contribution in [0.5, 0.6) is 5.88 Å². The second-order valence-electron chi connectivity index (χ2n) is 5.59. The molecule has 0 unspecified atom stereocenters. The van der Waals surface area contributed by atoms with E-state index in [1.165, 1.54) is 11.8 Å². The van der Waals surface area contributed by atoms with Crippen molar-refractivity contribution in [2.75, 3.05) is 25.6 Å². The molecule has 0 aliphatic carbocycles. The number of pyridine rings is 2. The van der Waals surface area contributed by atoms with E-state index in [4.69, 9.17) is 9.47 Å². The Bertz CT molecular complexity index is 921. The van der Waals surface area contributed by atoms with Crippen molar-refractivity contribution >= 4 is 39.3 Å². The lowest BCUT2D eigenvalue weighted by molar-refractivity contribution is 0.102. The molecule has 0 atom stereocenters. The number of carbonyl (C=O) groups excluding carboxylic acids is 1. The van der Waals surface area contributed by atoms with Crippen LogP contribution in [0.4, 0.5) is 5.69 Å². The minimum Gasteiger partial charge on any atom is -0.475 e. The highest BCUT2D eigenvalue weighted by molar-refractivity contribution is 9.10. The number of ether oxygens (including phenoxy) is 2. The fraction of sp³-hybridized carbons (Fsp3) is 0.150. The fourth-order valence-corrected chi connectivity index (χ4v) is 3.37. The second kappa shape index (κ2) is 10.2. The molecule has 2 heterocycles. The number of rotatable bonds is 8. The maximum atomic E-state index is 12.7. The zero-order valence-corrected chi connectivity index (χ0v) is 17.5. The number of hydrogen-bond donors (Lipinski definition) is 1. The Morgan fingerprint density at radius 2 is 1.93 bits per heavy atom. The maximum Gasteiger partial charge on any atom is 0.258 e. The van der Waals surface area contributed by atoms with Crippen LogP contribution in [0.2, 0.25) is 0 Å². The molecule has 3 rings (SSSR count). The molecule has 0 aliphatic heterocycles. The van der Waals surface area contributed by atoms with Crippen LogP contribution in [-0.4, -0.2) is 36.2 Å². The van der Waals surface area contributed by atoms with Crippen molar-refractivity contribution in [3.05, 3.63) is 71.0 Å². The number of anilines is 1. The van der Waals surface area contributed by atoms with Gasteiger partial charge in [-0.2, -0.15) is 0 Å². The van der Waals surface area contributed by atoms with Crippen molar-refractivity contribution in [1.29, 1.82) is 0 Å². The first-order valence-corrected chi connectivity index (χ1v) is 10.0. The van der Waals surface area contributed by atoms with E-state index >= 15 is 0 Å². The molecular weight excluding hydrogens is 442 g/mol. The van der Waals surface area contributed by atoms with Gasteiger partial charge in [-0.1, -0.05) is 27.7 Å². The zero-order valence-electron chi connectivity index (χ0n) is 15.1. The number of nitrogens with one attached hydrogen (secondary N) is 1. The molecule has 3 aromatic rings. The summed E-state index contributed by atoms with van der Waals surface area (Å²) < 4.78 is 11.3. The van der Waals surface area contributed by atoms with E-state index in [0.717, 1.165) is 9.37 Å². The van der Waals surface area contributed by atoms with Gasteiger partial charge in [0.1, 0.15) is 11.6 Å². The number of amides is 1. The van der Waals surface area contributed by atoms with E-state index in [1.807, 2.05) is 24.3 Å². The molecule has 1 aromatic carbocycles. The van der Waals surface area contributed by atoms with Gasteiger partial charge in [-0.3, -0.25) is 4.79 Å². The number of aromatic nitrogens is 2. The van der Waals surface area contributed by atoms with Crippen LogP contribution in [0, 0.1) is 0 Å². The monoisotopic (exact) mass is 459 g/mol. The van der Waals surface area contributed by atoms with Crippen molar-refractivity contribution in [3.63, 3.8) is 0 Å². The van der Waals surface area contributed by atoms with Crippen LogP contribution in [0.25, 0.3) is 0 Å². The first-order valence-electron chi connectivity index (χ1n) is 8.43. The molecule has 0 saturated carbocycles. The summed E-state index contributed by atoms with van der Waals surface area (Å²) in [5, 5.41) is 3.48. The molecular formula is C20H18BrN3O3S. The Hall–Kier alpha value is -2.42. The Morgan fingerprint density at radius 1 is 1.11 bits per heavy atom. The van der Waals surface area contributed by atoms with Gasteiger partial charge in [-0.05, 0) is 42.5 Å². The van der Waals surface area contributed by atoms with Gasteiger partial charge < -0.3 is 14.8 Å². The van der Waals surface area contributed by atoms with Crippen molar-refractivity contribution in [2.45, 2.75) is 9.92 Å². The average molecular weight is 460 g/mol. The molecule has 0 radical (unpaired) electrons. The van der Waals surface area contributed by atoms with Gasteiger partial charge in [0.05, 0.1) is 24.1 Å². The van der Waals surface area contributed by atoms with E-state index < -0.39 is 0 Å². The summed E-state index contributed by atoms with van der Waals surface area (Å²) in [6.07, 6.45) is 3.23. The van der Waals surface area contributed by atoms with E-state index in [0.29, 0.717) is 35.4 Å². The van der Waals surface area contributed by atoms with Gasteiger partial charge in [0.2, 0.25) is 5.88 Å². The van der Waals surface area contributed by atoms with E-state index in [-0.39, 0.29) is 5.91 Å². The zero-order chi connectivity index (χ0) is 19.8. The molecule has 2 aromatic heterocycles. The largest absolute Gasteiger partial charge is 0.475 e. The highest BCUT2D eigenvalue weighted by Gasteiger charge is 2.14. The van der Waals surface area contributed by atoms with Crippen LogP contribution in [0.3, 0.4) is 0 Å². The average Bonchev–Trinajstić information content (AvgIpc) is 2.71. The highest BCUT2D eigenvalue weighted by Crippen LogP contribution is 2.30. The molecule has 0 bridgehead atoms. The minimum absolute atomic E-state index is 0.248. The molecule has 1 N–H and O–H groups in total.